The van der Waals surface area contributed by atoms with E-state index in [1.165, 1.54) is 24.3 Å². The highest BCUT2D eigenvalue weighted by molar-refractivity contribution is 6.35. The van der Waals surface area contributed by atoms with Crippen molar-refractivity contribution in [1.82, 2.24) is 5.43 Å². The molecule has 0 saturated heterocycles. The van der Waals surface area contributed by atoms with E-state index in [-0.39, 0.29) is 22.2 Å². The zero-order valence-corrected chi connectivity index (χ0v) is 13.8. The minimum absolute atomic E-state index is 0.0798. The first-order valence-corrected chi connectivity index (χ1v) is 7.44. The molecule has 0 radical (unpaired) electrons. The van der Waals surface area contributed by atoms with Crippen LogP contribution in [0.1, 0.15) is 5.56 Å². The number of hydrazone groups is 1. The van der Waals surface area contributed by atoms with Gasteiger partial charge in [0.15, 0.2) is 6.61 Å². The highest BCUT2D eigenvalue weighted by atomic mass is 35.5. The van der Waals surface area contributed by atoms with Gasteiger partial charge in [0, 0.05) is 10.6 Å². The van der Waals surface area contributed by atoms with Crippen LogP contribution < -0.4 is 10.2 Å². The normalized spacial score (nSPS) is 10.8. The molecule has 0 aromatic heterocycles. The van der Waals surface area contributed by atoms with Crippen molar-refractivity contribution in [3.63, 3.8) is 0 Å². The van der Waals surface area contributed by atoms with Crippen molar-refractivity contribution in [2.75, 3.05) is 6.61 Å². The predicted octanol–water partition coefficient (Wildman–Crippen LogP) is 4.32. The zero-order valence-electron chi connectivity index (χ0n) is 11.5. The van der Waals surface area contributed by atoms with Gasteiger partial charge in [-0.3, -0.25) is 4.79 Å². The van der Waals surface area contributed by atoms with E-state index in [0.29, 0.717) is 10.8 Å². The summed E-state index contributed by atoms with van der Waals surface area (Å²) in [6, 6.07) is 8.84. The lowest BCUT2D eigenvalue weighted by molar-refractivity contribution is -0.123. The molecule has 1 N–H and O–H groups in total. The van der Waals surface area contributed by atoms with Gasteiger partial charge in [-0.05, 0) is 30.3 Å². The van der Waals surface area contributed by atoms with Crippen molar-refractivity contribution >= 4 is 46.9 Å². The topological polar surface area (TPSA) is 50.7 Å². The van der Waals surface area contributed by atoms with Crippen molar-refractivity contribution in [2.24, 2.45) is 5.10 Å². The van der Waals surface area contributed by atoms with E-state index in [1.54, 1.807) is 12.1 Å². The maximum atomic E-state index is 13.5. The molecule has 0 aliphatic heterocycles. The Kier molecular flexibility index (Phi) is 6.21. The fourth-order valence-electron chi connectivity index (χ4n) is 1.57. The Morgan fingerprint density at radius 2 is 2.00 bits per heavy atom. The molecule has 0 saturated carbocycles. The first-order valence-electron chi connectivity index (χ1n) is 6.31. The molecule has 0 bridgehead atoms. The maximum absolute atomic E-state index is 13.5. The van der Waals surface area contributed by atoms with Crippen LogP contribution >= 0.6 is 34.8 Å². The smallest absolute Gasteiger partial charge is 0.277 e. The van der Waals surface area contributed by atoms with E-state index >= 15 is 0 Å². The van der Waals surface area contributed by atoms with Crippen LogP contribution in [0.5, 0.6) is 5.75 Å². The highest BCUT2D eigenvalue weighted by Crippen LogP contribution is 2.27. The third kappa shape index (κ3) is 5.10. The third-order valence-electron chi connectivity index (χ3n) is 2.64. The third-order valence-corrected chi connectivity index (χ3v) is 3.50. The van der Waals surface area contributed by atoms with Gasteiger partial charge in [-0.1, -0.05) is 40.9 Å². The van der Waals surface area contributed by atoms with Crippen LogP contribution in [0.2, 0.25) is 15.1 Å². The lowest BCUT2D eigenvalue weighted by Gasteiger charge is -2.07. The summed E-state index contributed by atoms with van der Waals surface area (Å²) in [5, 5.41) is 4.56. The predicted molar refractivity (Wildman–Crippen MR) is 89.1 cm³/mol. The molecule has 2 aromatic rings. The van der Waals surface area contributed by atoms with Crippen molar-refractivity contribution in [3.8, 4) is 5.75 Å². The SMILES string of the molecule is O=C(COc1ccc(Cl)cc1Cl)NN=Cc1c(F)cccc1Cl. The molecule has 4 nitrogen and oxygen atoms in total. The first-order chi connectivity index (χ1) is 11.0. The Bertz CT molecular complexity index is 733. The van der Waals surface area contributed by atoms with Crippen LogP contribution in [0.15, 0.2) is 41.5 Å². The summed E-state index contributed by atoms with van der Waals surface area (Å²) in [6.45, 7) is -0.316. The standard InChI is InChI=1S/C15H10Cl3FN2O2/c16-9-4-5-14(12(18)6-9)23-8-15(22)21-20-7-10-11(17)2-1-3-13(10)19/h1-7H,8H2,(H,21,22). The minimum atomic E-state index is -0.542. The molecular formula is C15H10Cl3FN2O2. The fourth-order valence-corrected chi connectivity index (χ4v) is 2.25. The van der Waals surface area contributed by atoms with E-state index in [1.807, 2.05) is 0 Å². The second kappa shape index (κ2) is 8.15. The number of hydrogen-bond donors (Lipinski definition) is 1. The molecule has 0 fully saturated rings. The van der Waals surface area contributed by atoms with Crippen LogP contribution in [0, 0.1) is 5.82 Å². The average molecular weight is 376 g/mol. The van der Waals surface area contributed by atoms with E-state index in [0.717, 1.165) is 6.21 Å². The summed E-state index contributed by atoms with van der Waals surface area (Å²) in [6.07, 6.45) is 1.12. The van der Waals surface area contributed by atoms with Gasteiger partial charge in [-0.15, -0.1) is 0 Å². The molecule has 0 unspecified atom stereocenters. The van der Waals surface area contributed by atoms with Gasteiger partial charge in [0.25, 0.3) is 5.91 Å². The van der Waals surface area contributed by atoms with Gasteiger partial charge in [-0.25, -0.2) is 9.82 Å². The largest absolute Gasteiger partial charge is 0.482 e. The number of halogens is 4. The van der Waals surface area contributed by atoms with Gasteiger partial charge >= 0.3 is 0 Å². The number of amides is 1. The first kappa shape index (κ1) is 17.5. The molecular weight excluding hydrogens is 366 g/mol. The second-order valence-corrected chi connectivity index (χ2v) is 5.54. The van der Waals surface area contributed by atoms with Gasteiger partial charge in [-0.2, -0.15) is 5.10 Å². The lowest BCUT2D eigenvalue weighted by atomic mass is 10.2. The summed E-state index contributed by atoms with van der Waals surface area (Å²) >= 11 is 17.5. The van der Waals surface area contributed by atoms with Gasteiger partial charge < -0.3 is 4.74 Å². The van der Waals surface area contributed by atoms with Crippen LogP contribution in [0.3, 0.4) is 0 Å². The molecule has 2 rings (SSSR count). The van der Waals surface area contributed by atoms with Crippen molar-refractivity contribution in [3.05, 3.63) is 62.8 Å². The zero-order chi connectivity index (χ0) is 16.8. The Morgan fingerprint density at radius 1 is 1.22 bits per heavy atom. The summed E-state index contributed by atoms with van der Waals surface area (Å²) in [7, 11) is 0. The van der Waals surface area contributed by atoms with E-state index in [9.17, 15) is 9.18 Å². The molecule has 2 aromatic carbocycles. The molecule has 0 aliphatic rings. The van der Waals surface area contributed by atoms with Crippen LogP contribution in [-0.4, -0.2) is 18.7 Å². The lowest BCUT2D eigenvalue weighted by Crippen LogP contribution is -2.24. The van der Waals surface area contributed by atoms with Crippen LogP contribution in [-0.2, 0) is 4.79 Å². The highest BCUT2D eigenvalue weighted by Gasteiger charge is 2.07. The average Bonchev–Trinajstić information content (AvgIpc) is 2.49. The van der Waals surface area contributed by atoms with Crippen molar-refractivity contribution in [2.45, 2.75) is 0 Å². The van der Waals surface area contributed by atoms with Crippen molar-refractivity contribution < 1.29 is 13.9 Å². The molecule has 0 aliphatic carbocycles. The number of ether oxygens (including phenoxy) is 1. The van der Waals surface area contributed by atoms with Gasteiger partial charge in [0.2, 0.25) is 0 Å². The fraction of sp³-hybridized carbons (Fsp3) is 0.0667. The monoisotopic (exact) mass is 374 g/mol. The number of nitrogens with one attached hydrogen (secondary N) is 1. The van der Waals surface area contributed by atoms with Crippen molar-refractivity contribution in [1.29, 1.82) is 0 Å². The summed E-state index contributed by atoms with van der Waals surface area (Å²) in [5.41, 5.74) is 2.28. The quantitative estimate of drug-likeness (QED) is 0.625. The summed E-state index contributed by atoms with van der Waals surface area (Å²) in [4.78, 5) is 11.6. The number of hydrogen-bond acceptors (Lipinski definition) is 3. The molecule has 120 valence electrons. The molecule has 1 amide bonds. The molecule has 0 atom stereocenters. The number of carbonyl (C=O) groups is 1. The Hall–Kier alpha value is -1.82. The van der Waals surface area contributed by atoms with Crippen LogP contribution in [0.25, 0.3) is 0 Å². The number of nitrogens with zero attached hydrogens (tertiary/aromatic N) is 1. The van der Waals surface area contributed by atoms with E-state index in [4.69, 9.17) is 39.5 Å². The maximum Gasteiger partial charge on any atom is 0.277 e. The summed E-state index contributed by atoms with van der Waals surface area (Å²) < 4.78 is 18.7. The number of carbonyl (C=O) groups excluding carboxylic acids is 1. The van der Waals surface area contributed by atoms with Crippen LogP contribution in [0.4, 0.5) is 4.39 Å². The Balaban J connectivity index is 1.89. The molecule has 0 spiro atoms. The molecule has 23 heavy (non-hydrogen) atoms. The van der Waals surface area contributed by atoms with Gasteiger partial charge in [0.05, 0.1) is 16.3 Å². The molecule has 8 heteroatoms. The van der Waals surface area contributed by atoms with Gasteiger partial charge in [0.1, 0.15) is 11.6 Å². The summed E-state index contributed by atoms with van der Waals surface area (Å²) in [5.74, 6) is -0.772. The number of benzene rings is 2. The number of rotatable bonds is 5. The molecule has 0 heterocycles. The van der Waals surface area contributed by atoms with E-state index in [2.05, 4.69) is 10.5 Å². The Morgan fingerprint density at radius 3 is 2.70 bits per heavy atom. The minimum Gasteiger partial charge on any atom is -0.482 e. The van der Waals surface area contributed by atoms with E-state index < -0.39 is 11.7 Å². The Labute approximate surface area is 146 Å². The second-order valence-electron chi connectivity index (χ2n) is 4.29.